The summed E-state index contributed by atoms with van der Waals surface area (Å²) in [5, 5.41) is 11.1. The van der Waals surface area contributed by atoms with Crippen molar-refractivity contribution in [1.29, 1.82) is 0 Å². The van der Waals surface area contributed by atoms with Gasteiger partial charge in [0.15, 0.2) is 0 Å². The van der Waals surface area contributed by atoms with E-state index >= 15 is 0 Å². The molecule has 1 heterocycles. The van der Waals surface area contributed by atoms with Crippen molar-refractivity contribution in [2.45, 2.75) is 13.8 Å². The number of fused-ring (bicyclic) bond motifs is 1. The van der Waals surface area contributed by atoms with Crippen LogP contribution in [0, 0.1) is 0 Å². The molecule has 0 aliphatic carbocycles. The minimum absolute atomic E-state index is 0.0707. The Bertz CT molecular complexity index is 633. The van der Waals surface area contributed by atoms with Gasteiger partial charge in [-0.3, -0.25) is 4.79 Å². The molecule has 1 aromatic heterocycles. The first-order chi connectivity index (χ1) is 10.1. The highest BCUT2D eigenvalue weighted by molar-refractivity contribution is 6.02. The van der Waals surface area contributed by atoms with Gasteiger partial charge in [0.2, 0.25) is 0 Å². The standard InChI is InChI=1S/C16H21N3O2/c1-4-19(5-2)13-8-6-7-12-9-10-17-16(15(12)13)18(3)11-14(20)21/h6-10H,4-5,11H2,1-3H3,(H,20,21). The second-order valence-corrected chi connectivity index (χ2v) is 4.93. The average molecular weight is 287 g/mol. The summed E-state index contributed by atoms with van der Waals surface area (Å²) in [6.45, 7) is 5.94. The largest absolute Gasteiger partial charge is 0.480 e. The Labute approximate surface area is 124 Å². The molecule has 2 aromatic rings. The summed E-state index contributed by atoms with van der Waals surface area (Å²) in [4.78, 5) is 19.3. The highest BCUT2D eigenvalue weighted by Gasteiger charge is 2.15. The molecular formula is C16H21N3O2. The topological polar surface area (TPSA) is 56.7 Å². The third-order valence-corrected chi connectivity index (χ3v) is 3.59. The van der Waals surface area contributed by atoms with Gasteiger partial charge in [-0.15, -0.1) is 0 Å². The van der Waals surface area contributed by atoms with E-state index in [1.165, 1.54) is 0 Å². The fourth-order valence-electron chi connectivity index (χ4n) is 2.59. The SMILES string of the molecule is CCN(CC)c1cccc2ccnc(N(C)CC(=O)O)c12. The molecule has 0 saturated carbocycles. The molecule has 0 aliphatic heterocycles. The van der Waals surface area contributed by atoms with Crippen molar-refractivity contribution in [3.8, 4) is 0 Å². The molecule has 0 spiro atoms. The zero-order valence-corrected chi connectivity index (χ0v) is 12.7. The monoisotopic (exact) mass is 287 g/mol. The quantitative estimate of drug-likeness (QED) is 0.885. The number of carbonyl (C=O) groups is 1. The molecule has 2 rings (SSSR count). The second-order valence-electron chi connectivity index (χ2n) is 4.93. The van der Waals surface area contributed by atoms with Crippen LogP contribution in [0.5, 0.6) is 0 Å². The van der Waals surface area contributed by atoms with E-state index in [0.29, 0.717) is 5.82 Å². The fraction of sp³-hybridized carbons (Fsp3) is 0.375. The number of hydrogen-bond acceptors (Lipinski definition) is 4. The molecule has 0 unspecified atom stereocenters. The van der Waals surface area contributed by atoms with Gasteiger partial charge < -0.3 is 14.9 Å². The van der Waals surface area contributed by atoms with Crippen LogP contribution >= 0.6 is 0 Å². The Morgan fingerprint density at radius 2 is 1.95 bits per heavy atom. The van der Waals surface area contributed by atoms with Crippen molar-refractivity contribution < 1.29 is 9.90 Å². The van der Waals surface area contributed by atoms with Gasteiger partial charge in [0.1, 0.15) is 12.4 Å². The van der Waals surface area contributed by atoms with Crippen molar-refractivity contribution in [2.75, 3.05) is 36.5 Å². The maximum Gasteiger partial charge on any atom is 0.323 e. The Morgan fingerprint density at radius 3 is 2.57 bits per heavy atom. The zero-order chi connectivity index (χ0) is 15.4. The highest BCUT2D eigenvalue weighted by atomic mass is 16.4. The third-order valence-electron chi connectivity index (χ3n) is 3.59. The van der Waals surface area contributed by atoms with E-state index in [1.54, 1.807) is 18.1 Å². The van der Waals surface area contributed by atoms with Gasteiger partial charge in [-0.05, 0) is 31.4 Å². The van der Waals surface area contributed by atoms with Crippen LogP contribution in [0.2, 0.25) is 0 Å². The summed E-state index contributed by atoms with van der Waals surface area (Å²) in [6, 6.07) is 8.08. The number of hydrogen-bond donors (Lipinski definition) is 1. The molecule has 5 nitrogen and oxygen atoms in total. The van der Waals surface area contributed by atoms with Crippen LogP contribution < -0.4 is 9.80 Å². The Morgan fingerprint density at radius 1 is 1.24 bits per heavy atom. The maximum atomic E-state index is 11.0. The molecule has 0 bridgehead atoms. The number of likely N-dealkylation sites (N-methyl/N-ethyl adjacent to an activating group) is 1. The van der Waals surface area contributed by atoms with Crippen molar-refractivity contribution in [3.63, 3.8) is 0 Å². The summed E-state index contributed by atoms with van der Waals surface area (Å²) in [6.07, 6.45) is 1.72. The molecular weight excluding hydrogens is 266 g/mol. The Balaban J connectivity index is 2.63. The van der Waals surface area contributed by atoms with Gasteiger partial charge in [-0.2, -0.15) is 0 Å². The number of aromatic nitrogens is 1. The summed E-state index contributed by atoms with van der Waals surface area (Å²) < 4.78 is 0. The van der Waals surface area contributed by atoms with Gasteiger partial charge in [0.05, 0.1) is 0 Å². The number of aliphatic carboxylic acids is 1. The van der Waals surface area contributed by atoms with Crippen molar-refractivity contribution in [2.24, 2.45) is 0 Å². The van der Waals surface area contributed by atoms with E-state index in [-0.39, 0.29) is 6.54 Å². The number of rotatable bonds is 6. The first-order valence-corrected chi connectivity index (χ1v) is 7.14. The molecule has 1 aromatic carbocycles. The predicted octanol–water partition coefficient (Wildman–Crippen LogP) is 2.60. The fourth-order valence-corrected chi connectivity index (χ4v) is 2.59. The molecule has 5 heteroatoms. The average Bonchev–Trinajstić information content (AvgIpc) is 2.47. The predicted molar refractivity (Wildman–Crippen MR) is 86.2 cm³/mol. The summed E-state index contributed by atoms with van der Waals surface area (Å²) in [5.41, 5.74) is 1.10. The number of carboxylic acid groups (broad SMARTS) is 1. The molecule has 21 heavy (non-hydrogen) atoms. The van der Waals surface area contributed by atoms with Crippen LogP contribution in [-0.2, 0) is 4.79 Å². The van der Waals surface area contributed by atoms with Gasteiger partial charge in [-0.1, -0.05) is 12.1 Å². The van der Waals surface area contributed by atoms with E-state index in [0.717, 1.165) is 29.5 Å². The first-order valence-electron chi connectivity index (χ1n) is 7.14. The lowest BCUT2D eigenvalue weighted by atomic mass is 10.1. The Kier molecular flexibility index (Phi) is 4.62. The van der Waals surface area contributed by atoms with Crippen LogP contribution in [0.15, 0.2) is 30.5 Å². The molecule has 0 radical (unpaired) electrons. The van der Waals surface area contributed by atoms with Crippen molar-refractivity contribution in [3.05, 3.63) is 30.5 Å². The van der Waals surface area contributed by atoms with Gasteiger partial charge in [-0.25, -0.2) is 4.98 Å². The molecule has 0 aliphatic rings. The molecule has 0 amide bonds. The number of nitrogens with zero attached hydrogens (tertiary/aromatic N) is 3. The van der Waals surface area contributed by atoms with Gasteiger partial charge in [0.25, 0.3) is 0 Å². The molecule has 0 fully saturated rings. The third kappa shape index (κ3) is 3.07. The molecule has 1 N–H and O–H groups in total. The normalized spacial score (nSPS) is 10.6. The maximum absolute atomic E-state index is 11.0. The van der Waals surface area contributed by atoms with Crippen LogP contribution in [0.1, 0.15) is 13.8 Å². The molecule has 0 saturated heterocycles. The van der Waals surface area contributed by atoms with Crippen molar-refractivity contribution in [1.82, 2.24) is 4.98 Å². The first kappa shape index (κ1) is 15.1. The van der Waals surface area contributed by atoms with E-state index in [1.807, 2.05) is 18.2 Å². The van der Waals surface area contributed by atoms with Gasteiger partial charge in [0, 0.05) is 37.4 Å². The van der Waals surface area contributed by atoms with E-state index in [4.69, 9.17) is 5.11 Å². The number of anilines is 2. The van der Waals surface area contributed by atoms with Gasteiger partial charge >= 0.3 is 5.97 Å². The lowest BCUT2D eigenvalue weighted by Crippen LogP contribution is -2.27. The van der Waals surface area contributed by atoms with Crippen LogP contribution in [-0.4, -0.2) is 42.7 Å². The van der Waals surface area contributed by atoms with E-state index < -0.39 is 5.97 Å². The highest BCUT2D eigenvalue weighted by Crippen LogP contribution is 2.33. The molecule has 0 atom stereocenters. The summed E-state index contributed by atoms with van der Waals surface area (Å²) >= 11 is 0. The van der Waals surface area contributed by atoms with Crippen molar-refractivity contribution >= 4 is 28.2 Å². The minimum atomic E-state index is -0.864. The second kappa shape index (κ2) is 6.43. The zero-order valence-electron chi connectivity index (χ0n) is 12.7. The van der Waals surface area contributed by atoms with E-state index in [2.05, 4.69) is 29.8 Å². The van der Waals surface area contributed by atoms with Crippen LogP contribution in [0.25, 0.3) is 10.8 Å². The summed E-state index contributed by atoms with van der Waals surface area (Å²) in [7, 11) is 1.76. The summed E-state index contributed by atoms with van der Waals surface area (Å²) in [5.74, 6) is -0.158. The number of pyridine rings is 1. The van der Waals surface area contributed by atoms with Crippen LogP contribution in [0.3, 0.4) is 0 Å². The lowest BCUT2D eigenvalue weighted by molar-refractivity contribution is -0.135. The van der Waals surface area contributed by atoms with E-state index in [9.17, 15) is 4.79 Å². The molecule has 112 valence electrons. The lowest BCUT2D eigenvalue weighted by Gasteiger charge is -2.26. The smallest absolute Gasteiger partial charge is 0.323 e. The Hall–Kier alpha value is -2.30. The van der Waals surface area contributed by atoms with Crippen LogP contribution in [0.4, 0.5) is 11.5 Å². The number of benzene rings is 1. The number of carboxylic acids is 1. The minimum Gasteiger partial charge on any atom is -0.480 e.